The van der Waals surface area contributed by atoms with Crippen LogP contribution in [0.2, 0.25) is 0 Å². The van der Waals surface area contributed by atoms with E-state index in [2.05, 4.69) is 93.3 Å². The van der Waals surface area contributed by atoms with Gasteiger partial charge in [0, 0.05) is 85.2 Å². The number of rotatable bonds is 8. The maximum atomic E-state index is 12.2. The van der Waals surface area contributed by atoms with E-state index < -0.39 is 0 Å². The number of nitrogens with one attached hydrogen (secondary N) is 4. The minimum Gasteiger partial charge on any atom is -0.469 e. The van der Waals surface area contributed by atoms with Gasteiger partial charge < -0.3 is 29.4 Å². The number of carbonyl (C=O) groups is 2. The minimum atomic E-state index is -0.285. The Bertz CT molecular complexity index is 3490. The number of nitrogens with zero attached hydrogens (tertiary/aromatic N) is 4. The van der Waals surface area contributed by atoms with Crippen LogP contribution < -0.4 is 0 Å². The minimum absolute atomic E-state index is 0. The van der Waals surface area contributed by atoms with Gasteiger partial charge in [-0.25, -0.2) is 19.9 Å². The number of aryl methyl sites for hydroxylation is 2. The predicted octanol–water partition coefficient (Wildman–Crippen LogP) is 12.6. The molecule has 4 aliphatic rings. The van der Waals surface area contributed by atoms with Crippen molar-refractivity contribution in [1.82, 2.24) is 39.9 Å². The second-order valence-corrected chi connectivity index (χ2v) is 17.0. The van der Waals surface area contributed by atoms with Crippen LogP contribution in [0.5, 0.6) is 0 Å². The number of fused-ring (bicyclic) bond motifs is 16. The molecule has 0 radical (unpaired) electrons. The number of H-pyrrole nitrogens is 4. The van der Waals surface area contributed by atoms with E-state index in [1.165, 1.54) is 14.2 Å². The predicted molar refractivity (Wildman–Crippen MR) is 277 cm³/mol. The van der Waals surface area contributed by atoms with Gasteiger partial charge in [0.1, 0.15) is 0 Å². The number of hydrogen-bond donors (Lipinski definition) is 4. The van der Waals surface area contributed by atoms with Crippen LogP contribution >= 0.6 is 0 Å². The first-order valence-corrected chi connectivity index (χ1v) is 22.5. The van der Waals surface area contributed by atoms with E-state index in [1.54, 1.807) is 0 Å². The van der Waals surface area contributed by atoms with Gasteiger partial charge in [-0.2, -0.15) is 0 Å². The van der Waals surface area contributed by atoms with Crippen LogP contribution in [-0.2, 0) is 36.1 Å². The Morgan fingerprint density at radius 2 is 0.884 bits per heavy atom. The van der Waals surface area contributed by atoms with Gasteiger partial charge in [0.15, 0.2) is 0 Å². The first-order chi connectivity index (χ1) is 32.9. The summed E-state index contributed by atoms with van der Waals surface area (Å²) < 4.78 is 9.88. The number of hydrogen-bond acceptors (Lipinski definition) is 8. The Kier molecular flexibility index (Phi) is 13.9. The number of aromatic nitrogens is 8. The third-order valence-corrected chi connectivity index (χ3v) is 12.7. The van der Waals surface area contributed by atoms with E-state index in [1.807, 2.05) is 86.7 Å². The summed E-state index contributed by atoms with van der Waals surface area (Å²) in [5.41, 5.74) is 22.6. The Morgan fingerprint density at radius 1 is 0.493 bits per heavy atom. The molecule has 348 valence electrons. The topological polar surface area (TPSA) is 167 Å². The SMILES string of the molecule is C1=Cc2cc3ccc(cc4ccc(cc5nc(cc1n2)C=C5)[nH]4)[nH]3.C=Cc1c(C)c2cc3[nH]c(cc4nc(cc5nc(cc1[nH]2)C(C)=C5CCC(=O)OC)C(CCC(=O)OC)=C4C)c(C)c3C=C.[Fe]. The average molecular weight is 957 g/mol. The first-order valence-electron chi connectivity index (χ1n) is 22.5. The second-order valence-electron chi connectivity index (χ2n) is 17.0. The van der Waals surface area contributed by atoms with Crippen molar-refractivity contribution < 1.29 is 36.1 Å². The molecule has 0 amide bonds. The molecule has 4 aliphatic heterocycles. The number of carbonyl (C=O) groups excluding carboxylic acids is 2. The molecule has 0 spiro atoms. The van der Waals surface area contributed by atoms with Crippen molar-refractivity contribution in [1.29, 1.82) is 0 Å². The van der Waals surface area contributed by atoms with E-state index in [0.717, 1.165) is 134 Å². The zero-order valence-corrected chi connectivity index (χ0v) is 40.5. The molecular weight excluding hydrogens is 905 g/mol. The Hall–Kier alpha value is -7.86. The van der Waals surface area contributed by atoms with Crippen LogP contribution in [0.1, 0.15) is 107 Å². The summed E-state index contributed by atoms with van der Waals surface area (Å²) in [6, 6.07) is 24.5. The molecule has 10 rings (SSSR count). The molecular formula is C56H52FeN8O4. The van der Waals surface area contributed by atoms with Gasteiger partial charge in [-0.3, -0.25) is 9.59 Å². The van der Waals surface area contributed by atoms with Crippen molar-refractivity contribution >= 4 is 115 Å². The third-order valence-electron chi connectivity index (χ3n) is 12.7. The molecule has 16 bridgehead atoms. The summed E-state index contributed by atoms with van der Waals surface area (Å²) in [4.78, 5) is 57.6. The maximum Gasteiger partial charge on any atom is 0.305 e. The number of esters is 2. The van der Waals surface area contributed by atoms with Crippen LogP contribution in [-0.4, -0.2) is 66.0 Å². The van der Waals surface area contributed by atoms with Crippen molar-refractivity contribution in [3.63, 3.8) is 0 Å². The van der Waals surface area contributed by atoms with Gasteiger partial charge in [-0.1, -0.05) is 25.3 Å². The number of allylic oxidation sites excluding steroid dienone is 4. The van der Waals surface area contributed by atoms with Crippen LogP contribution in [0.4, 0.5) is 0 Å². The zero-order valence-electron chi connectivity index (χ0n) is 39.4. The smallest absolute Gasteiger partial charge is 0.305 e. The quantitative estimate of drug-likeness (QED) is 0.0862. The maximum absolute atomic E-state index is 12.2. The van der Waals surface area contributed by atoms with Crippen molar-refractivity contribution in [2.45, 2.75) is 53.4 Å². The fourth-order valence-electron chi connectivity index (χ4n) is 8.90. The molecule has 69 heavy (non-hydrogen) atoms. The van der Waals surface area contributed by atoms with Gasteiger partial charge in [0.05, 0.1) is 59.8 Å². The molecule has 0 unspecified atom stereocenters. The molecule has 0 aromatic carbocycles. The molecule has 10 heterocycles. The third kappa shape index (κ3) is 10.1. The fraction of sp³-hybridized carbons (Fsp3) is 0.179. The van der Waals surface area contributed by atoms with E-state index in [0.29, 0.717) is 12.8 Å². The summed E-state index contributed by atoms with van der Waals surface area (Å²) >= 11 is 0. The summed E-state index contributed by atoms with van der Waals surface area (Å²) in [6.45, 7) is 16.3. The summed E-state index contributed by atoms with van der Waals surface area (Å²) in [5, 5.41) is 0. The molecule has 6 aromatic rings. The molecule has 6 aromatic heterocycles. The van der Waals surface area contributed by atoms with Crippen molar-refractivity contribution in [2.24, 2.45) is 0 Å². The van der Waals surface area contributed by atoms with Crippen molar-refractivity contribution in [3.05, 3.63) is 154 Å². The molecule has 0 atom stereocenters. The zero-order chi connectivity index (χ0) is 47.6. The van der Waals surface area contributed by atoms with Crippen molar-refractivity contribution in [2.75, 3.05) is 14.2 Å². The van der Waals surface area contributed by atoms with E-state index in [-0.39, 0.29) is 41.8 Å². The Balaban J connectivity index is 0.000000215. The summed E-state index contributed by atoms with van der Waals surface area (Å²) in [6.07, 6.45) is 13.1. The largest absolute Gasteiger partial charge is 0.469 e. The van der Waals surface area contributed by atoms with E-state index in [4.69, 9.17) is 19.4 Å². The van der Waals surface area contributed by atoms with E-state index in [9.17, 15) is 9.59 Å². The second kappa shape index (κ2) is 20.2. The standard InChI is InChI=1S/C36H38N4O4.C20H14N4.Fe/c1-9-23-19(3)27-15-28-21(5)25(11-13-35(41)43-7)33(39-28)18-34-26(12-14-36(42)44-8)22(6)30(40-34)17-32-24(10-2)20(4)29(38-32)16-31(23)37-27;1-2-14-10-16-5-6-18(23-16)12-20-8-7-19(24-20)11-17-4-3-15(22-17)9-13(1)21-14;/h9-10,15-18,37-38H,1-2,11-14H2,3-8H3;1-12,21-22H;. The van der Waals surface area contributed by atoms with Crippen LogP contribution in [0, 0.1) is 13.8 Å². The fourth-order valence-corrected chi connectivity index (χ4v) is 8.90. The number of ether oxygens (including phenoxy) is 2. The summed E-state index contributed by atoms with van der Waals surface area (Å²) in [5.74, 6) is -0.570. The van der Waals surface area contributed by atoms with Crippen LogP contribution in [0.3, 0.4) is 0 Å². The van der Waals surface area contributed by atoms with Gasteiger partial charge >= 0.3 is 11.9 Å². The first kappa shape index (κ1) is 47.6. The van der Waals surface area contributed by atoms with Gasteiger partial charge in [0.25, 0.3) is 0 Å². The molecule has 0 aliphatic carbocycles. The van der Waals surface area contributed by atoms with Crippen molar-refractivity contribution in [3.8, 4) is 0 Å². The van der Waals surface area contributed by atoms with Gasteiger partial charge in [-0.15, -0.1) is 0 Å². The summed E-state index contributed by atoms with van der Waals surface area (Å²) in [7, 11) is 2.79. The van der Waals surface area contributed by atoms with Gasteiger partial charge in [-0.05, 0) is 171 Å². The number of methoxy groups -OCH3 is 2. The van der Waals surface area contributed by atoms with Gasteiger partial charge in [0.2, 0.25) is 0 Å². The van der Waals surface area contributed by atoms with E-state index >= 15 is 0 Å². The molecule has 0 saturated heterocycles. The average Bonchev–Trinajstić information content (AvgIpc) is 4.22. The van der Waals surface area contributed by atoms with Crippen LogP contribution in [0.25, 0.3) is 103 Å². The van der Waals surface area contributed by atoms with Crippen LogP contribution in [0.15, 0.2) is 86.0 Å². The molecule has 0 fully saturated rings. The normalized spacial score (nSPS) is 12.6. The molecule has 13 heteroatoms. The molecule has 12 nitrogen and oxygen atoms in total. The molecule has 4 N–H and O–H groups in total. The Morgan fingerprint density at radius 3 is 1.32 bits per heavy atom. The molecule has 0 saturated carbocycles. The number of aromatic amines is 4. The monoisotopic (exact) mass is 956 g/mol. The Labute approximate surface area is 410 Å².